The first-order valence-corrected chi connectivity index (χ1v) is 14.3. The van der Waals surface area contributed by atoms with Crippen LogP contribution in [0.2, 0.25) is 10.2 Å². The monoisotopic (exact) mass is 600 g/mol. The lowest BCUT2D eigenvalue weighted by molar-refractivity contribution is 0.0206. The van der Waals surface area contributed by atoms with E-state index in [4.69, 9.17) is 37.7 Å². The number of nitrogens with zero attached hydrogens (tertiary/aromatic N) is 5. The minimum atomic E-state index is -0.692. The highest BCUT2D eigenvalue weighted by molar-refractivity contribution is 6.33. The Bertz CT molecular complexity index is 1630. The van der Waals surface area contributed by atoms with E-state index in [1.807, 2.05) is 47.6 Å². The predicted octanol–water partition coefficient (Wildman–Crippen LogP) is 7.25. The highest BCUT2D eigenvalue weighted by atomic mass is 35.5. The van der Waals surface area contributed by atoms with Crippen LogP contribution in [0.1, 0.15) is 54.4 Å². The number of halogens is 2. The third kappa shape index (κ3) is 6.23. The molecule has 0 spiro atoms. The van der Waals surface area contributed by atoms with Gasteiger partial charge in [-0.05, 0) is 66.5 Å². The molecule has 3 aromatic heterocycles. The maximum absolute atomic E-state index is 13.2. The van der Waals surface area contributed by atoms with Gasteiger partial charge in [-0.2, -0.15) is 0 Å². The first-order valence-electron chi connectivity index (χ1n) is 13.5. The topological polar surface area (TPSA) is 103 Å². The molecule has 1 fully saturated rings. The van der Waals surface area contributed by atoms with E-state index in [1.54, 1.807) is 40.0 Å². The molecule has 5 rings (SSSR count). The van der Waals surface area contributed by atoms with Gasteiger partial charge < -0.3 is 19.7 Å². The van der Waals surface area contributed by atoms with Crippen molar-refractivity contribution >= 4 is 57.8 Å². The van der Waals surface area contributed by atoms with Crippen LogP contribution in [0.5, 0.6) is 0 Å². The van der Waals surface area contributed by atoms with E-state index in [-0.39, 0.29) is 12.1 Å². The van der Waals surface area contributed by atoms with Crippen molar-refractivity contribution in [3.05, 3.63) is 47.0 Å². The molecule has 218 valence electrons. The van der Waals surface area contributed by atoms with Gasteiger partial charge in [0.05, 0.1) is 5.52 Å². The second kappa shape index (κ2) is 10.7. The van der Waals surface area contributed by atoms with Crippen LogP contribution < -0.4 is 5.32 Å². The molecule has 1 aromatic carbocycles. The molecule has 0 radical (unpaired) electrons. The molecule has 1 N–H and O–H groups in total. The molecule has 41 heavy (non-hydrogen) atoms. The van der Waals surface area contributed by atoms with Gasteiger partial charge in [0.1, 0.15) is 22.0 Å². The molecular weight excluding hydrogens is 567 g/mol. The molecule has 1 saturated heterocycles. The molecule has 1 aliphatic heterocycles. The summed E-state index contributed by atoms with van der Waals surface area (Å²) in [4.78, 5) is 37.0. The zero-order valence-corrected chi connectivity index (χ0v) is 25.5. The minimum absolute atomic E-state index is 0.0831. The van der Waals surface area contributed by atoms with E-state index < -0.39 is 17.3 Å². The second-order valence-electron chi connectivity index (χ2n) is 12.2. The van der Waals surface area contributed by atoms with Crippen molar-refractivity contribution in [3.8, 4) is 11.3 Å². The Hall–Kier alpha value is -3.50. The quantitative estimate of drug-likeness (QED) is 0.264. The van der Waals surface area contributed by atoms with Crippen LogP contribution in [-0.2, 0) is 9.47 Å². The summed E-state index contributed by atoms with van der Waals surface area (Å²) >= 11 is 13.2. The minimum Gasteiger partial charge on any atom is -0.444 e. The van der Waals surface area contributed by atoms with E-state index in [1.165, 1.54) is 4.57 Å². The number of hydrogen-bond acceptors (Lipinski definition) is 7. The van der Waals surface area contributed by atoms with Gasteiger partial charge in [-0.1, -0.05) is 29.3 Å². The van der Waals surface area contributed by atoms with E-state index in [2.05, 4.69) is 10.3 Å². The van der Waals surface area contributed by atoms with E-state index >= 15 is 0 Å². The Kier molecular flexibility index (Phi) is 7.59. The maximum atomic E-state index is 13.2. The number of rotatable bonds is 3. The standard InChI is InChI=1S/C29H34Cl2N6O4/c1-28(2,3)40-26(38)35-12-7-8-18(15-35)33-24-25-32-11-13-36(25)23(31)22(34-24)20-16-37(27(39)41-29(4,5)6)21-14-17(30)9-10-19(20)21/h9-11,13-14,16,18H,7-8,12,15H2,1-6H3,(H,33,34)/t18-/m0/s1. The highest BCUT2D eigenvalue weighted by Crippen LogP contribution is 2.37. The van der Waals surface area contributed by atoms with Crippen LogP contribution in [0.15, 0.2) is 36.8 Å². The molecule has 4 aromatic rings. The van der Waals surface area contributed by atoms with Crippen molar-refractivity contribution in [2.75, 3.05) is 18.4 Å². The fourth-order valence-electron chi connectivity index (χ4n) is 4.86. The zero-order chi connectivity index (χ0) is 29.7. The van der Waals surface area contributed by atoms with Crippen LogP contribution in [0, 0.1) is 0 Å². The summed E-state index contributed by atoms with van der Waals surface area (Å²) in [7, 11) is 0. The third-order valence-corrected chi connectivity index (χ3v) is 7.11. The zero-order valence-electron chi connectivity index (χ0n) is 24.0. The van der Waals surface area contributed by atoms with Gasteiger partial charge in [-0.15, -0.1) is 0 Å². The van der Waals surface area contributed by atoms with Crippen molar-refractivity contribution in [3.63, 3.8) is 0 Å². The molecule has 0 saturated carbocycles. The number of imidazole rings is 1. The Morgan fingerprint density at radius 2 is 1.76 bits per heavy atom. The Morgan fingerprint density at radius 1 is 1.05 bits per heavy atom. The van der Waals surface area contributed by atoms with Crippen LogP contribution in [0.4, 0.5) is 15.4 Å². The van der Waals surface area contributed by atoms with Gasteiger partial charge in [0.2, 0.25) is 0 Å². The van der Waals surface area contributed by atoms with Gasteiger partial charge in [0.25, 0.3) is 0 Å². The van der Waals surface area contributed by atoms with Gasteiger partial charge in [0.15, 0.2) is 11.5 Å². The average Bonchev–Trinajstić information content (AvgIpc) is 3.50. The summed E-state index contributed by atoms with van der Waals surface area (Å²) in [5, 5.41) is 5.03. The smallest absolute Gasteiger partial charge is 0.419 e. The van der Waals surface area contributed by atoms with Crippen LogP contribution in [-0.4, -0.2) is 66.4 Å². The number of aromatic nitrogens is 4. The molecule has 4 heterocycles. The number of amides is 1. The SMILES string of the molecule is CC(C)(C)OC(=O)N1CCC[C@H](Nc2nc(-c3cn(C(=O)OC(C)(C)C)c4cc(Cl)ccc34)c(Cl)n3ccnc23)C1. The van der Waals surface area contributed by atoms with Crippen LogP contribution in [0.25, 0.3) is 27.8 Å². The molecule has 10 nitrogen and oxygen atoms in total. The molecule has 1 amide bonds. The fraction of sp³-hybridized carbons (Fsp3) is 0.448. The van der Waals surface area contributed by atoms with Crippen LogP contribution >= 0.6 is 23.2 Å². The maximum Gasteiger partial charge on any atom is 0.419 e. The fourth-order valence-corrected chi connectivity index (χ4v) is 5.31. The second-order valence-corrected chi connectivity index (χ2v) is 13.0. The van der Waals surface area contributed by atoms with Gasteiger partial charge >= 0.3 is 12.2 Å². The van der Waals surface area contributed by atoms with Gasteiger partial charge in [0, 0.05) is 53.7 Å². The van der Waals surface area contributed by atoms with Gasteiger partial charge in [-0.3, -0.25) is 8.97 Å². The van der Waals surface area contributed by atoms with Crippen molar-refractivity contribution in [1.29, 1.82) is 0 Å². The number of carbonyl (C=O) groups excluding carboxylic acids is 2. The number of benzene rings is 1. The number of piperidine rings is 1. The first-order chi connectivity index (χ1) is 19.2. The lowest BCUT2D eigenvalue weighted by atomic mass is 10.1. The highest BCUT2D eigenvalue weighted by Gasteiger charge is 2.29. The van der Waals surface area contributed by atoms with Crippen molar-refractivity contribution in [2.24, 2.45) is 0 Å². The van der Waals surface area contributed by atoms with Crippen LogP contribution in [0.3, 0.4) is 0 Å². The normalized spacial score (nSPS) is 16.3. The molecule has 1 atom stereocenters. The van der Waals surface area contributed by atoms with Gasteiger partial charge in [-0.25, -0.2) is 19.6 Å². The average molecular weight is 602 g/mol. The van der Waals surface area contributed by atoms with Crippen molar-refractivity contribution in [1.82, 2.24) is 23.8 Å². The Labute approximate surface area is 248 Å². The number of ether oxygens (including phenoxy) is 2. The summed E-state index contributed by atoms with van der Waals surface area (Å²) in [5.41, 5.74) is 0.934. The van der Waals surface area contributed by atoms with Crippen molar-refractivity contribution < 1.29 is 19.1 Å². The number of likely N-dealkylation sites (tertiary alicyclic amines) is 1. The van der Waals surface area contributed by atoms with Crippen molar-refractivity contribution in [2.45, 2.75) is 71.6 Å². The lowest BCUT2D eigenvalue weighted by Gasteiger charge is -2.34. The molecular formula is C29H34Cl2N6O4. The summed E-state index contributed by atoms with van der Waals surface area (Å²) in [6, 6.07) is 5.21. The summed E-state index contributed by atoms with van der Waals surface area (Å²) in [5.74, 6) is 0.512. The summed E-state index contributed by atoms with van der Waals surface area (Å²) in [6.45, 7) is 12.1. The number of nitrogens with one attached hydrogen (secondary N) is 1. The molecule has 0 unspecified atom stereocenters. The predicted molar refractivity (Wildman–Crippen MR) is 160 cm³/mol. The van der Waals surface area contributed by atoms with E-state index in [0.29, 0.717) is 51.5 Å². The molecule has 0 bridgehead atoms. The number of carbonyl (C=O) groups is 2. The Morgan fingerprint density at radius 3 is 2.46 bits per heavy atom. The summed E-state index contributed by atoms with van der Waals surface area (Å²) in [6.07, 6.45) is 5.84. The number of fused-ring (bicyclic) bond motifs is 2. The number of anilines is 1. The third-order valence-electron chi connectivity index (χ3n) is 6.51. The molecule has 0 aliphatic carbocycles. The van der Waals surface area contributed by atoms with E-state index in [0.717, 1.165) is 18.2 Å². The van der Waals surface area contributed by atoms with E-state index in [9.17, 15) is 9.59 Å². The first kappa shape index (κ1) is 29.0. The molecule has 12 heteroatoms. The number of hydrogen-bond donors (Lipinski definition) is 1. The summed E-state index contributed by atoms with van der Waals surface area (Å²) < 4.78 is 14.4. The molecule has 1 aliphatic rings. The largest absolute Gasteiger partial charge is 0.444 e. The Balaban J connectivity index is 1.54. The lowest BCUT2D eigenvalue weighted by Crippen LogP contribution is -2.47.